The highest BCUT2D eigenvalue weighted by Crippen LogP contribution is 2.27. The molecule has 1 atom stereocenters. The summed E-state index contributed by atoms with van der Waals surface area (Å²) in [6, 6.07) is 14.3. The van der Waals surface area contributed by atoms with Gasteiger partial charge in [-0.2, -0.15) is 0 Å². The number of oxazole rings is 1. The molecule has 1 heterocycles. The van der Waals surface area contributed by atoms with Gasteiger partial charge in [0.1, 0.15) is 5.52 Å². The molecule has 0 fully saturated rings. The van der Waals surface area contributed by atoms with E-state index in [4.69, 9.17) is 9.15 Å². The second kappa shape index (κ2) is 9.24. The molecule has 0 aliphatic heterocycles. The van der Waals surface area contributed by atoms with E-state index in [9.17, 15) is 14.4 Å². The number of amides is 2. The minimum absolute atomic E-state index is 0.314. The monoisotopic (exact) mass is 414 g/mol. The summed E-state index contributed by atoms with van der Waals surface area (Å²) in [5.41, 5.74) is 2.46. The molecule has 1 N–H and O–H groups in total. The van der Waals surface area contributed by atoms with Gasteiger partial charge in [0.2, 0.25) is 0 Å². The topological polar surface area (TPSA) is 108 Å². The first-order valence-electron chi connectivity index (χ1n) is 8.64. The molecular weight excluding hydrogens is 396 g/mol. The van der Waals surface area contributed by atoms with Crippen molar-refractivity contribution in [3.8, 4) is 0 Å². The van der Waals surface area contributed by atoms with Crippen LogP contribution in [0.15, 0.2) is 58.2 Å². The molecule has 0 unspecified atom stereocenters. The highest BCUT2D eigenvalue weighted by atomic mass is 32.2. The molecule has 0 aliphatic carbocycles. The van der Waals surface area contributed by atoms with E-state index in [0.29, 0.717) is 27.7 Å². The number of alkyl carbamates (subject to hydrolysis) is 1. The summed E-state index contributed by atoms with van der Waals surface area (Å²) in [4.78, 5) is 39.9. The fraction of sp³-hybridized carbons (Fsp3) is 0.200. The Morgan fingerprint density at radius 1 is 1.14 bits per heavy atom. The summed E-state index contributed by atoms with van der Waals surface area (Å²) in [6.07, 6.45) is -2.09. The maximum absolute atomic E-state index is 12.5. The Hall–Kier alpha value is -3.33. The number of fused-ring (bicyclic) bond motifs is 1. The molecular formula is C20H18N2O6S. The highest BCUT2D eigenvalue weighted by molar-refractivity contribution is 7.98. The normalized spacial score (nSPS) is 11.7. The maximum Gasteiger partial charge on any atom is 0.413 e. The molecule has 0 bridgehead atoms. The number of imide groups is 1. The van der Waals surface area contributed by atoms with Gasteiger partial charge in [-0.05, 0) is 30.7 Å². The van der Waals surface area contributed by atoms with Crippen LogP contribution in [0.5, 0.6) is 0 Å². The van der Waals surface area contributed by atoms with E-state index in [1.54, 1.807) is 24.3 Å². The largest absolute Gasteiger partial charge is 0.453 e. The molecule has 0 saturated heterocycles. The van der Waals surface area contributed by atoms with E-state index in [0.717, 1.165) is 12.6 Å². The van der Waals surface area contributed by atoms with Crippen LogP contribution in [0.3, 0.4) is 0 Å². The number of methoxy groups -OCH3 is 1. The zero-order valence-electron chi connectivity index (χ0n) is 15.7. The maximum atomic E-state index is 12.5. The lowest BCUT2D eigenvalue weighted by molar-refractivity contribution is -0.128. The van der Waals surface area contributed by atoms with Gasteiger partial charge in [0.25, 0.3) is 11.1 Å². The van der Waals surface area contributed by atoms with Gasteiger partial charge in [-0.3, -0.25) is 10.1 Å². The zero-order valence-corrected chi connectivity index (χ0v) is 16.5. The zero-order chi connectivity index (χ0) is 20.8. The van der Waals surface area contributed by atoms with Gasteiger partial charge in [0, 0.05) is 5.75 Å². The van der Waals surface area contributed by atoms with E-state index in [2.05, 4.69) is 9.72 Å². The molecule has 1 aromatic heterocycles. The molecule has 2 amide bonds. The van der Waals surface area contributed by atoms with Crippen molar-refractivity contribution in [3.63, 3.8) is 0 Å². The summed E-state index contributed by atoms with van der Waals surface area (Å²) in [5, 5.41) is 2.44. The van der Waals surface area contributed by atoms with Gasteiger partial charge in [0.15, 0.2) is 11.7 Å². The molecule has 150 valence electrons. The molecule has 3 rings (SSSR count). The minimum Gasteiger partial charge on any atom is -0.453 e. The average molecular weight is 414 g/mol. The number of benzene rings is 2. The van der Waals surface area contributed by atoms with Crippen molar-refractivity contribution in [1.29, 1.82) is 0 Å². The number of nitrogens with one attached hydrogen (secondary N) is 1. The van der Waals surface area contributed by atoms with Gasteiger partial charge in [-0.25, -0.2) is 14.6 Å². The first-order chi connectivity index (χ1) is 14.0. The van der Waals surface area contributed by atoms with E-state index >= 15 is 0 Å². The number of nitrogens with zero attached hydrogens (tertiary/aromatic N) is 1. The Kier molecular flexibility index (Phi) is 6.50. The molecule has 0 aliphatic rings. The number of aromatic nitrogens is 1. The number of carbonyl (C=O) groups excluding carboxylic acids is 3. The van der Waals surface area contributed by atoms with Crippen LogP contribution in [0.25, 0.3) is 11.1 Å². The first kappa shape index (κ1) is 20.4. The van der Waals surface area contributed by atoms with Gasteiger partial charge >= 0.3 is 12.1 Å². The predicted octanol–water partition coefficient (Wildman–Crippen LogP) is 3.55. The minimum atomic E-state index is -1.17. The van der Waals surface area contributed by atoms with Gasteiger partial charge in [-0.1, -0.05) is 42.1 Å². The first-order valence-corrected chi connectivity index (χ1v) is 9.62. The number of thioether (sulfide) groups is 1. The van der Waals surface area contributed by atoms with Crippen molar-refractivity contribution in [1.82, 2.24) is 10.3 Å². The second-order valence-electron chi connectivity index (χ2n) is 5.92. The average Bonchev–Trinajstić information content (AvgIpc) is 3.15. The van der Waals surface area contributed by atoms with Crippen molar-refractivity contribution in [3.05, 3.63) is 59.7 Å². The molecule has 9 heteroatoms. The Labute approximate surface area is 170 Å². The lowest BCUT2D eigenvalue weighted by Crippen LogP contribution is -2.39. The van der Waals surface area contributed by atoms with Gasteiger partial charge < -0.3 is 13.9 Å². The third kappa shape index (κ3) is 5.14. The van der Waals surface area contributed by atoms with Crippen LogP contribution in [0.1, 0.15) is 22.8 Å². The summed E-state index contributed by atoms with van der Waals surface area (Å²) >= 11 is 1.34. The number of para-hydroxylation sites is 2. The van der Waals surface area contributed by atoms with E-state index < -0.39 is 24.1 Å². The lowest BCUT2D eigenvalue weighted by Gasteiger charge is -2.14. The molecule has 3 aromatic rings. The molecule has 29 heavy (non-hydrogen) atoms. The molecule has 0 radical (unpaired) electrons. The fourth-order valence-electron chi connectivity index (χ4n) is 2.43. The number of esters is 1. The van der Waals surface area contributed by atoms with Crippen LogP contribution < -0.4 is 5.32 Å². The number of carbonyl (C=O) groups is 3. The van der Waals surface area contributed by atoms with Crippen molar-refractivity contribution in [2.75, 3.05) is 7.11 Å². The third-order valence-corrected chi connectivity index (χ3v) is 4.80. The van der Waals surface area contributed by atoms with Crippen LogP contribution in [0.4, 0.5) is 4.79 Å². The number of ether oxygens (including phenoxy) is 2. The lowest BCUT2D eigenvalue weighted by atomic mass is 10.1. The van der Waals surface area contributed by atoms with Crippen molar-refractivity contribution in [2.45, 2.75) is 24.0 Å². The van der Waals surface area contributed by atoms with Gasteiger partial charge in [0.05, 0.1) is 12.7 Å². The summed E-state index contributed by atoms with van der Waals surface area (Å²) < 4.78 is 15.2. The number of rotatable bonds is 6. The van der Waals surface area contributed by atoms with E-state index in [1.165, 1.54) is 18.7 Å². The Morgan fingerprint density at radius 2 is 1.86 bits per heavy atom. The van der Waals surface area contributed by atoms with Crippen molar-refractivity contribution in [2.24, 2.45) is 0 Å². The van der Waals surface area contributed by atoms with Crippen LogP contribution >= 0.6 is 11.8 Å². The summed E-state index contributed by atoms with van der Waals surface area (Å²) in [5.74, 6) is -1.03. The van der Waals surface area contributed by atoms with Gasteiger partial charge in [-0.15, -0.1) is 0 Å². The summed E-state index contributed by atoms with van der Waals surface area (Å²) in [7, 11) is 1.13. The Balaban J connectivity index is 1.66. The standard InChI is InChI=1S/C20H18N2O6S/c1-12(17(23)22-19(25)26-2)27-18(24)14-8-4-3-7-13(14)11-29-20-21-15-9-5-6-10-16(15)28-20/h3-10,12H,11H2,1-2H3,(H,22,23,25)/t12-/m1/s1. The Bertz CT molecular complexity index is 1020. The van der Waals surface area contributed by atoms with Crippen LogP contribution in [0, 0.1) is 0 Å². The van der Waals surface area contributed by atoms with Crippen molar-refractivity contribution < 1.29 is 28.3 Å². The fourth-order valence-corrected chi connectivity index (χ4v) is 3.27. The quantitative estimate of drug-likeness (QED) is 0.482. The smallest absolute Gasteiger partial charge is 0.413 e. The molecule has 8 nitrogen and oxygen atoms in total. The molecule has 2 aromatic carbocycles. The predicted molar refractivity (Wildman–Crippen MR) is 105 cm³/mol. The Morgan fingerprint density at radius 3 is 2.62 bits per heavy atom. The van der Waals surface area contributed by atoms with E-state index in [-0.39, 0.29) is 0 Å². The molecule has 0 spiro atoms. The van der Waals surface area contributed by atoms with Crippen LogP contribution in [-0.2, 0) is 20.0 Å². The summed E-state index contributed by atoms with van der Waals surface area (Å²) in [6.45, 7) is 1.37. The highest BCUT2D eigenvalue weighted by Gasteiger charge is 2.22. The van der Waals surface area contributed by atoms with Crippen LogP contribution in [-0.4, -0.2) is 36.2 Å². The SMILES string of the molecule is COC(=O)NC(=O)[C@@H](C)OC(=O)c1ccccc1CSc1nc2ccccc2o1. The van der Waals surface area contributed by atoms with Crippen LogP contribution in [0.2, 0.25) is 0 Å². The second-order valence-corrected chi connectivity index (χ2v) is 6.85. The van der Waals surface area contributed by atoms with Crippen molar-refractivity contribution >= 4 is 40.8 Å². The number of hydrogen-bond donors (Lipinski definition) is 1. The van der Waals surface area contributed by atoms with E-state index in [1.807, 2.05) is 29.6 Å². The third-order valence-electron chi connectivity index (χ3n) is 3.93. The number of hydrogen-bond acceptors (Lipinski definition) is 8. The molecule has 0 saturated carbocycles.